The second-order valence-electron chi connectivity index (χ2n) is 10.1. The Morgan fingerprint density at radius 1 is 0.905 bits per heavy atom. The molecule has 224 valence electrons. The number of hydroxylamine groups is 1. The van der Waals surface area contributed by atoms with Crippen LogP contribution in [-0.4, -0.2) is 41.1 Å². The minimum atomic E-state index is -0.565. The lowest BCUT2D eigenvalue weighted by molar-refractivity contribution is -0.245. The van der Waals surface area contributed by atoms with Crippen molar-refractivity contribution < 1.29 is 34.1 Å². The van der Waals surface area contributed by atoms with Crippen molar-refractivity contribution in [3.8, 4) is 5.75 Å². The number of carbonyl (C=O) groups is 2. The van der Waals surface area contributed by atoms with Crippen LogP contribution in [0.3, 0.4) is 0 Å². The molecule has 2 amide bonds. The van der Waals surface area contributed by atoms with E-state index in [0.717, 1.165) is 38.7 Å². The molecule has 1 aliphatic rings. The summed E-state index contributed by atoms with van der Waals surface area (Å²) in [6.45, 7) is 0.381. The maximum Gasteiger partial charge on any atom is 0.243 e. The van der Waals surface area contributed by atoms with Gasteiger partial charge in [-0.25, -0.2) is 5.48 Å². The average molecular weight is 595 g/mol. The first-order chi connectivity index (χ1) is 20.5. The summed E-state index contributed by atoms with van der Waals surface area (Å²) < 4.78 is 18.4. The van der Waals surface area contributed by atoms with Gasteiger partial charge in [0.25, 0.3) is 0 Å². The molecule has 1 heterocycles. The monoisotopic (exact) mass is 594 g/mol. The van der Waals surface area contributed by atoms with Crippen molar-refractivity contribution in [2.24, 2.45) is 0 Å². The number of para-hydroxylation sites is 1. The minimum Gasteiger partial charge on any atom is -0.496 e. The smallest absolute Gasteiger partial charge is 0.243 e. The van der Waals surface area contributed by atoms with E-state index in [1.54, 1.807) is 24.4 Å². The third-order valence-corrected chi connectivity index (χ3v) is 8.22. The summed E-state index contributed by atoms with van der Waals surface area (Å²) in [5, 5.41) is 20.9. The summed E-state index contributed by atoms with van der Waals surface area (Å²) >= 11 is 1.69. The van der Waals surface area contributed by atoms with E-state index in [0.29, 0.717) is 32.2 Å². The first-order valence-corrected chi connectivity index (χ1v) is 15.0. The molecule has 0 saturated carbocycles. The fourth-order valence-corrected chi connectivity index (χ4v) is 5.70. The van der Waals surface area contributed by atoms with Crippen molar-refractivity contribution in [3.05, 3.63) is 95.1 Å². The molecule has 10 heteroatoms. The molecular formula is C32H38N2O7S. The number of carbonyl (C=O) groups excluding carboxylic acids is 2. The number of methoxy groups -OCH3 is 1. The van der Waals surface area contributed by atoms with E-state index in [9.17, 15) is 14.7 Å². The van der Waals surface area contributed by atoms with Crippen LogP contribution in [0.2, 0.25) is 0 Å². The Bertz CT molecular complexity index is 1290. The number of hydrogen-bond acceptors (Lipinski definition) is 8. The van der Waals surface area contributed by atoms with Gasteiger partial charge in [-0.05, 0) is 41.7 Å². The van der Waals surface area contributed by atoms with Crippen LogP contribution >= 0.6 is 11.8 Å². The molecule has 4 rings (SSSR count). The van der Waals surface area contributed by atoms with Gasteiger partial charge in [0, 0.05) is 42.0 Å². The Morgan fingerprint density at radius 2 is 1.57 bits per heavy atom. The Morgan fingerprint density at radius 3 is 2.26 bits per heavy atom. The van der Waals surface area contributed by atoms with Gasteiger partial charge >= 0.3 is 0 Å². The summed E-state index contributed by atoms with van der Waals surface area (Å²) in [7, 11) is 1.67. The molecule has 9 nitrogen and oxygen atoms in total. The van der Waals surface area contributed by atoms with E-state index in [4.69, 9.17) is 19.4 Å². The highest BCUT2D eigenvalue weighted by molar-refractivity contribution is 7.99. The standard InChI is InChI=1S/C32H38N2O7S/c1-39-27-6-2-3-7-29(27)42-21-26-18-28(24-14-12-23(20-35)13-15-24)41-32(40-26)25-16-10-22(11-17-25)19-33-30(36)8-4-5-9-31(37)34-38/h2-3,6-7,10-17,26,28,32,35,38H,4-5,8-9,18-21H2,1H3,(H,33,36)(H,34,37)/t26-,28+,32+/m1/s1. The molecule has 4 N–H and O–H groups in total. The van der Waals surface area contributed by atoms with Gasteiger partial charge in [-0.3, -0.25) is 14.8 Å². The van der Waals surface area contributed by atoms with Gasteiger partial charge < -0.3 is 24.6 Å². The van der Waals surface area contributed by atoms with Gasteiger partial charge in [0.15, 0.2) is 6.29 Å². The summed E-state index contributed by atoms with van der Waals surface area (Å²) in [4.78, 5) is 24.3. The van der Waals surface area contributed by atoms with Crippen molar-refractivity contribution in [2.75, 3.05) is 12.9 Å². The highest BCUT2D eigenvalue weighted by atomic mass is 32.2. The van der Waals surface area contributed by atoms with Crippen LogP contribution in [0.15, 0.2) is 77.7 Å². The molecule has 3 aromatic rings. The lowest BCUT2D eigenvalue weighted by atomic mass is 10.0. The summed E-state index contributed by atoms with van der Waals surface area (Å²) in [6, 6.07) is 23.6. The number of hydrogen-bond donors (Lipinski definition) is 4. The van der Waals surface area contributed by atoms with Gasteiger partial charge in [-0.15, -0.1) is 11.8 Å². The van der Waals surface area contributed by atoms with Crippen LogP contribution in [-0.2, 0) is 32.2 Å². The third-order valence-electron chi connectivity index (χ3n) is 7.03. The molecule has 0 spiro atoms. The molecule has 0 unspecified atom stereocenters. The molecule has 0 radical (unpaired) electrons. The molecule has 1 aliphatic heterocycles. The molecular weight excluding hydrogens is 556 g/mol. The predicted molar refractivity (Wildman–Crippen MR) is 159 cm³/mol. The predicted octanol–water partition coefficient (Wildman–Crippen LogP) is 5.21. The maximum absolute atomic E-state index is 12.2. The van der Waals surface area contributed by atoms with E-state index in [2.05, 4.69) is 5.32 Å². The van der Waals surface area contributed by atoms with Crippen LogP contribution in [0.5, 0.6) is 5.75 Å². The van der Waals surface area contributed by atoms with Crippen molar-refractivity contribution in [2.45, 2.75) is 68.6 Å². The largest absolute Gasteiger partial charge is 0.496 e. The number of nitrogens with one attached hydrogen (secondary N) is 2. The quantitative estimate of drug-likeness (QED) is 0.0868. The normalized spacial score (nSPS) is 18.3. The van der Waals surface area contributed by atoms with Crippen LogP contribution in [0.25, 0.3) is 0 Å². The highest BCUT2D eigenvalue weighted by Crippen LogP contribution is 2.40. The van der Waals surface area contributed by atoms with Crippen LogP contribution in [0.4, 0.5) is 0 Å². The van der Waals surface area contributed by atoms with Gasteiger partial charge in [0.1, 0.15) is 5.75 Å². The maximum atomic E-state index is 12.2. The van der Waals surface area contributed by atoms with Crippen molar-refractivity contribution in [1.29, 1.82) is 0 Å². The molecule has 3 atom stereocenters. The van der Waals surface area contributed by atoms with E-state index < -0.39 is 12.2 Å². The summed E-state index contributed by atoms with van der Waals surface area (Å²) in [5.41, 5.74) is 5.30. The zero-order valence-electron chi connectivity index (χ0n) is 23.7. The van der Waals surface area contributed by atoms with Crippen molar-refractivity contribution in [1.82, 2.24) is 10.8 Å². The fourth-order valence-electron chi connectivity index (χ4n) is 4.65. The van der Waals surface area contributed by atoms with Gasteiger partial charge in [-0.2, -0.15) is 0 Å². The number of benzene rings is 3. The zero-order chi connectivity index (χ0) is 29.7. The lowest BCUT2D eigenvalue weighted by Gasteiger charge is -2.36. The molecule has 1 saturated heterocycles. The Labute approximate surface area is 250 Å². The Kier molecular flexibility index (Phi) is 12.2. The number of thioether (sulfide) groups is 1. The Hall–Kier alpha value is -3.41. The van der Waals surface area contributed by atoms with E-state index in [-0.39, 0.29) is 31.1 Å². The number of unbranched alkanes of at least 4 members (excludes halogenated alkanes) is 1. The first kappa shape index (κ1) is 31.5. The second kappa shape index (κ2) is 16.3. The summed E-state index contributed by atoms with van der Waals surface area (Å²) in [6.07, 6.45) is 1.46. The number of aliphatic hydroxyl groups is 1. The molecule has 0 aromatic heterocycles. The number of amides is 2. The first-order valence-electron chi connectivity index (χ1n) is 14.0. The van der Waals surface area contributed by atoms with E-state index in [1.165, 1.54) is 0 Å². The topological polar surface area (TPSA) is 126 Å². The van der Waals surface area contributed by atoms with Gasteiger partial charge in [0.2, 0.25) is 11.8 Å². The zero-order valence-corrected chi connectivity index (χ0v) is 24.5. The Balaban J connectivity index is 1.38. The number of ether oxygens (including phenoxy) is 3. The van der Waals surface area contributed by atoms with Crippen molar-refractivity contribution >= 4 is 23.6 Å². The fraction of sp³-hybridized carbons (Fsp3) is 0.375. The summed E-state index contributed by atoms with van der Waals surface area (Å²) in [5.74, 6) is 1.01. The van der Waals surface area contributed by atoms with Crippen LogP contribution in [0, 0.1) is 0 Å². The molecule has 0 bridgehead atoms. The third kappa shape index (κ3) is 9.30. The van der Waals surface area contributed by atoms with E-state index >= 15 is 0 Å². The average Bonchev–Trinajstić information content (AvgIpc) is 3.04. The SMILES string of the molecule is COc1ccccc1SC[C@H]1C[C@@H](c2ccc(CO)cc2)O[C@@H](c2ccc(CNC(=O)CCCCC(=O)NO)cc2)O1. The van der Waals surface area contributed by atoms with Crippen LogP contribution in [0.1, 0.15) is 66.8 Å². The molecule has 42 heavy (non-hydrogen) atoms. The highest BCUT2D eigenvalue weighted by Gasteiger charge is 2.32. The molecule has 0 aliphatic carbocycles. The molecule has 1 fully saturated rings. The van der Waals surface area contributed by atoms with Crippen molar-refractivity contribution in [3.63, 3.8) is 0 Å². The lowest BCUT2D eigenvalue weighted by Crippen LogP contribution is -2.31. The van der Waals surface area contributed by atoms with E-state index in [1.807, 2.05) is 72.8 Å². The van der Waals surface area contributed by atoms with Crippen LogP contribution < -0.4 is 15.5 Å². The van der Waals surface area contributed by atoms with Gasteiger partial charge in [0.05, 0.1) is 25.9 Å². The number of rotatable bonds is 14. The minimum absolute atomic E-state index is 0.00807. The second-order valence-corrected chi connectivity index (χ2v) is 11.1. The molecule has 3 aromatic carbocycles. The number of aliphatic hydroxyl groups excluding tert-OH is 1. The van der Waals surface area contributed by atoms with Gasteiger partial charge in [-0.1, -0.05) is 60.7 Å².